The maximum atomic E-state index is 9.80. The van der Waals surface area contributed by atoms with Crippen LogP contribution in [0.15, 0.2) is 66.7 Å². The molecule has 0 fully saturated rings. The summed E-state index contributed by atoms with van der Waals surface area (Å²) < 4.78 is 5.96. The van der Waals surface area contributed by atoms with Crippen LogP contribution in [0.4, 0.5) is 0 Å². The third-order valence-corrected chi connectivity index (χ3v) is 4.77. The number of aromatic hydroxyl groups is 2. The van der Waals surface area contributed by atoms with Crippen molar-refractivity contribution in [3.63, 3.8) is 0 Å². The van der Waals surface area contributed by atoms with E-state index in [0.717, 1.165) is 35.4 Å². The molecule has 3 N–H and O–H groups in total. The minimum atomic E-state index is -0.0929. The summed E-state index contributed by atoms with van der Waals surface area (Å²) in [6, 6.07) is 21.5. The molecule has 4 heteroatoms. The van der Waals surface area contributed by atoms with Gasteiger partial charge in [-0.2, -0.15) is 0 Å². The molecule has 1 atom stereocenters. The summed E-state index contributed by atoms with van der Waals surface area (Å²) in [5.41, 5.74) is 4.36. The number of nitrogens with one attached hydrogen (secondary N) is 1. The lowest BCUT2D eigenvalue weighted by atomic mass is 9.94. The van der Waals surface area contributed by atoms with Gasteiger partial charge in [0.1, 0.15) is 12.4 Å². The van der Waals surface area contributed by atoms with Gasteiger partial charge in [0.2, 0.25) is 0 Å². The maximum absolute atomic E-state index is 9.80. The van der Waals surface area contributed by atoms with Crippen molar-refractivity contribution < 1.29 is 14.9 Å². The summed E-state index contributed by atoms with van der Waals surface area (Å²) in [4.78, 5) is 0. The van der Waals surface area contributed by atoms with Gasteiger partial charge in [-0.15, -0.1) is 0 Å². The van der Waals surface area contributed by atoms with Crippen molar-refractivity contribution in [2.24, 2.45) is 0 Å². The fourth-order valence-corrected chi connectivity index (χ4v) is 3.37. The summed E-state index contributed by atoms with van der Waals surface area (Å²) in [6.07, 6.45) is 0.825. The quantitative estimate of drug-likeness (QED) is 0.624. The molecule has 4 nitrogen and oxygen atoms in total. The molecule has 0 radical (unpaired) electrons. The second-order valence-corrected chi connectivity index (χ2v) is 6.50. The highest BCUT2D eigenvalue weighted by Gasteiger charge is 2.22. The molecule has 4 rings (SSSR count). The molecule has 0 bridgehead atoms. The molecule has 0 aliphatic carbocycles. The third-order valence-electron chi connectivity index (χ3n) is 4.77. The normalized spacial score (nSPS) is 16.1. The number of rotatable bonds is 4. The third kappa shape index (κ3) is 3.37. The van der Waals surface area contributed by atoms with Crippen molar-refractivity contribution in [1.29, 1.82) is 0 Å². The average molecular weight is 347 g/mol. The largest absolute Gasteiger partial charge is 0.504 e. The SMILES string of the molecule is Oc1cc2c(cc1O)C(COc1ccc(-c3ccccc3)cc1)NCC2. The smallest absolute Gasteiger partial charge is 0.157 e. The highest BCUT2D eigenvalue weighted by atomic mass is 16.5. The van der Waals surface area contributed by atoms with Crippen molar-refractivity contribution in [2.45, 2.75) is 12.5 Å². The van der Waals surface area contributed by atoms with E-state index in [-0.39, 0.29) is 17.5 Å². The van der Waals surface area contributed by atoms with Crippen LogP contribution in [-0.2, 0) is 6.42 Å². The first-order valence-corrected chi connectivity index (χ1v) is 8.77. The summed E-state index contributed by atoms with van der Waals surface area (Å²) >= 11 is 0. The molecular weight excluding hydrogens is 326 g/mol. The number of phenols is 2. The lowest BCUT2D eigenvalue weighted by molar-refractivity contribution is 0.260. The number of benzene rings is 3. The van der Waals surface area contributed by atoms with Gasteiger partial charge in [-0.25, -0.2) is 0 Å². The molecule has 0 saturated heterocycles. The van der Waals surface area contributed by atoms with E-state index in [0.29, 0.717) is 6.61 Å². The lowest BCUT2D eigenvalue weighted by Gasteiger charge is -2.27. The van der Waals surface area contributed by atoms with Gasteiger partial charge >= 0.3 is 0 Å². The van der Waals surface area contributed by atoms with Crippen molar-refractivity contribution in [1.82, 2.24) is 5.32 Å². The van der Waals surface area contributed by atoms with E-state index in [1.165, 1.54) is 5.56 Å². The fraction of sp³-hybridized carbons (Fsp3) is 0.182. The molecule has 1 aliphatic heterocycles. The molecule has 132 valence electrons. The highest BCUT2D eigenvalue weighted by Crippen LogP contribution is 2.34. The number of phenolic OH excluding ortho intramolecular Hbond substituents is 2. The first-order chi connectivity index (χ1) is 12.7. The fourth-order valence-electron chi connectivity index (χ4n) is 3.37. The van der Waals surface area contributed by atoms with Crippen LogP contribution < -0.4 is 10.1 Å². The van der Waals surface area contributed by atoms with Gasteiger partial charge in [-0.05, 0) is 59.5 Å². The van der Waals surface area contributed by atoms with Crippen LogP contribution in [0.2, 0.25) is 0 Å². The lowest BCUT2D eigenvalue weighted by Crippen LogP contribution is -2.33. The molecule has 1 heterocycles. The molecule has 0 amide bonds. The summed E-state index contributed by atoms with van der Waals surface area (Å²) in [5.74, 6) is 0.646. The van der Waals surface area contributed by atoms with E-state index in [1.807, 2.05) is 30.3 Å². The molecule has 3 aromatic rings. The Kier molecular flexibility index (Phi) is 4.50. The zero-order chi connectivity index (χ0) is 17.9. The van der Waals surface area contributed by atoms with Gasteiger partial charge in [0.15, 0.2) is 11.5 Å². The average Bonchev–Trinajstić information content (AvgIpc) is 2.68. The predicted molar refractivity (Wildman–Crippen MR) is 102 cm³/mol. The van der Waals surface area contributed by atoms with Gasteiger partial charge in [0, 0.05) is 0 Å². The van der Waals surface area contributed by atoms with Crippen LogP contribution in [-0.4, -0.2) is 23.4 Å². The number of hydrogen-bond acceptors (Lipinski definition) is 4. The number of ether oxygens (including phenoxy) is 1. The van der Waals surface area contributed by atoms with Gasteiger partial charge < -0.3 is 20.3 Å². The summed E-state index contributed by atoms with van der Waals surface area (Å²) in [7, 11) is 0. The highest BCUT2D eigenvalue weighted by molar-refractivity contribution is 5.63. The zero-order valence-corrected chi connectivity index (χ0v) is 14.4. The van der Waals surface area contributed by atoms with Crippen LogP contribution >= 0.6 is 0 Å². The van der Waals surface area contributed by atoms with Gasteiger partial charge in [0.25, 0.3) is 0 Å². The molecule has 0 spiro atoms. The Morgan fingerprint density at radius 3 is 2.35 bits per heavy atom. The first-order valence-electron chi connectivity index (χ1n) is 8.77. The van der Waals surface area contributed by atoms with Crippen LogP contribution in [0.25, 0.3) is 11.1 Å². The van der Waals surface area contributed by atoms with E-state index in [4.69, 9.17) is 4.74 Å². The molecule has 3 aromatic carbocycles. The number of fused-ring (bicyclic) bond motifs is 1. The van der Waals surface area contributed by atoms with E-state index in [2.05, 4.69) is 29.6 Å². The minimum Gasteiger partial charge on any atom is -0.504 e. The monoisotopic (exact) mass is 347 g/mol. The van der Waals surface area contributed by atoms with Gasteiger partial charge in [0.05, 0.1) is 6.04 Å². The van der Waals surface area contributed by atoms with Gasteiger partial charge in [-0.1, -0.05) is 42.5 Å². The van der Waals surface area contributed by atoms with Crippen LogP contribution in [0.3, 0.4) is 0 Å². The van der Waals surface area contributed by atoms with Crippen molar-refractivity contribution in [2.75, 3.05) is 13.2 Å². The standard InChI is InChI=1S/C22H21NO3/c24-21-12-17-10-11-23-20(19(17)13-22(21)25)14-26-18-8-6-16(7-9-18)15-4-2-1-3-5-15/h1-9,12-13,20,23-25H,10-11,14H2. The van der Waals surface area contributed by atoms with E-state index in [1.54, 1.807) is 12.1 Å². The second kappa shape index (κ2) is 7.10. The zero-order valence-electron chi connectivity index (χ0n) is 14.4. The van der Waals surface area contributed by atoms with Crippen LogP contribution in [0.1, 0.15) is 17.2 Å². The van der Waals surface area contributed by atoms with Crippen molar-refractivity contribution in [3.05, 3.63) is 77.9 Å². The molecule has 0 saturated carbocycles. The van der Waals surface area contributed by atoms with E-state index in [9.17, 15) is 10.2 Å². The molecular formula is C22H21NO3. The molecule has 1 aliphatic rings. The number of hydrogen-bond donors (Lipinski definition) is 3. The van der Waals surface area contributed by atoms with Crippen molar-refractivity contribution >= 4 is 0 Å². The van der Waals surface area contributed by atoms with E-state index < -0.39 is 0 Å². The van der Waals surface area contributed by atoms with E-state index >= 15 is 0 Å². The first kappa shape index (κ1) is 16.5. The summed E-state index contributed by atoms with van der Waals surface area (Å²) in [6.45, 7) is 1.28. The molecule has 0 aromatic heterocycles. The Morgan fingerprint density at radius 2 is 1.58 bits per heavy atom. The topological polar surface area (TPSA) is 61.7 Å². The van der Waals surface area contributed by atoms with Gasteiger partial charge in [-0.3, -0.25) is 0 Å². The Labute approximate surface area is 152 Å². The molecule has 1 unspecified atom stereocenters. The summed E-state index contributed by atoms with van der Waals surface area (Å²) in [5, 5.41) is 22.9. The Bertz CT molecular complexity index is 891. The van der Waals surface area contributed by atoms with Crippen LogP contribution in [0.5, 0.6) is 17.2 Å². The Hall–Kier alpha value is -2.98. The second-order valence-electron chi connectivity index (χ2n) is 6.50. The maximum Gasteiger partial charge on any atom is 0.157 e. The Morgan fingerprint density at radius 1 is 0.885 bits per heavy atom. The Balaban J connectivity index is 1.46. The van der Waals surface area contributed by atoms with Crippen LogP contribution in [0, 0.1) is 0 Å². The molecule has 26 heavy (non-hydrogen) atoms. The minimum absolute atomic E-state index is 0.0148. The predicted octanol–water partition coefficient (Wildman–Crippen LogP) is 4.03. The van der Waals surface area contributed by atoms with Crippen molar-refractivity contribution in [3.8, 4) is 28.4 Å².